The lowest BCUT2D eigenvalue weighted by Gasteiger charge is -2.20. The number of hydrogen-bond acceptors (Lipinski definition) is 3. The Kier molecular flexibility index (Phi) is 3.30. The van der Waals surface area contributed by atoms with E-state index in [2.05, 4.69) is 6.07 Å². The molecule has 1 fully saturated rings. The molecule has 98 valence electrons. The maximum Gasteiger partial charge on any atom is 0.237 e. The summed E-state index contributed by atoms with van der Waals surface area (Å²) < 4.78 is 5.89. The van der Waals surface area contributed by atoms with Crippen LogP contribution in [0.4, 0.5) is 0 Å². The molecule has 2 rings (SSSR count). The minimum Gasteiger partial charge on any atom is -0.490 e. The second-order valence-corrected chi connectivity index (χ2v) is 5.33. The molecule has 4 nitrogen and oxygen atoms in total. The third-order valence-corrected chi connectivity index (χ3v) is 3.49. The Morgan fingerprint density at radius 3 is 2.44 bits per heavy atom. The Morgan fingerprint density at radius 1 is 1.33 bits per heavy atom. The summed E-state index contributed by atoms with van der Waals surface area (Å²) >= 11 is 0. The molecule has 0 heterocycles. The third kappa shape index (κ3) is 2.64. The highest BCUT2D eigenvalue weighted by molar-refractivity contribution is 5.84. The van der Waals surface area contributed by atoms with Gasteiger partial charge in [-0.2, -0.15) is 0 Å². The van der Waals surface area contributed by atoms with Gasteiger partial charge in [0.2, 0.25) is 5.91 Å². The zero-order valence-electron chi connectivity index (χ0n) is 10.9. The number of hydrogen-bond donors (Lipinski definition) is 2. The lowest BCUT2D eigenvalue weighted by atomic mass is 9.99. The van der Waals surface area contributed by atoms with Crippen molar-refractivity contribution in [2.45, 2.75) is 44.8 Å². The molecular weight excluding hydrogens is 228 g/mol. The van der Waals surface area contributed by atoms with Gasteiger partial charge in [-0.1, -0.05) is 6.07 Å². The van der Waals surface area contributed by atoms with Crippen molar-refractivity contribution in [2.24, 2.45) is 11.5 Å². The molecule has 1 amide bonds. The van der Waals surface area contributed by atoms with Crippen LogP contribution in [-0.4, -0.2) is 17.6 Å². The van der Waals surface area contributed by atoms with Crippen LogP contribution in [0.5, 0.6) is 5.75 Å². The molecule has 1 aromatic carbocycles. The average molecular weight is 248 g/mol. The first-order valence-electron chi connectivity index (χ1n) is 6.23. The van der Waals surface area contributed by atoms with E-state index in [-0.39, 0.29) is 6.10 Å². The predicted octanol–water partition coefficient (Wildman–Crippen LogP) is 1.42. The van der Waals surface area contributed by atoms with Crippen LogP contribution >= 0.6 is 0 Å². The van der Waals surface area contributed by atoms with Crippen molar-refractivity contribution in [1.29, 1.82) is 0 Å². The number of rotatable bonds is 3. The van der Waals surface area contributed by atoms with Crippen molar-refractivity contribution in [3.8, 4) is 5.75 Å². The van der Waals surface area contributed by atoms with E-state index in [4.69, 9.17) is 16.2 Å². The summed E-state index contributed by atoms with van der Waals surface area (Å²) in [6.45, 7) is 4.07. The lowest BCUT2D eigenvalue weighted by molar-refractivity contribution is -0.123. The topological polar surface area (TPSA) is 78.3 Å². The van der Waals surface area contributed by atoms with Gasteiger partial charge >= 0.3 is 0 Å². The van der Waals surface area contributed by atoms with E-state index < -0.39 is 11.4 Å². The monoisotopic (exact) mass is 248 g/mol. The van der Waals surface area contributed by atoms with Gasteiger partial charge in [-0.25, -0.2) is 0 Å². The number of aryl methyl sites for hydroxylation is 2. The number of amides is 1. The van der Waals surface area contributed by atoms with Gasteiger partial charge in [-0.3, -0.25) is 4.79 Å². The van der Waals surface area contributed by atoms with Gasteiger partial charge in [0.05, 0.1) is 5.54 Å². The van der Waals surface area contributed by atoms with Gasteiger partial charge in [0, 0.05) is 6.42 Å². The summed E-state index contributed by atoms with van der Waals surface area (Å²) in [4.78, 5) is 11.3. The minimum absolute atomic E-state index is 0.0244. The van der Waals surface area contributed by atoms with Crippen LogP contribution in [0.3, 0.4) is 0 Å². The summed E-state index contributed by atoms with van der Waals surface area (Å²) in [5.41, 5.74) is 12.7. The molecule has 1 aliphatic carbocycles. The normalized spacial score (nSPS) is 27.2. The summed E-state index contributed by atoms with van der Waals surface area (Å²) in [7, 11) is 0. The van der Waals surface area contributed by atoms with Crippen molar-refractivity contribution < 1.29 is 9.53 Å². The zero-order valence-corrected chi connectivity index (χ0v) is 10.9. The standard InChI is InChI=1S/C14H20N2O2/c1-9-5-10(2)7-12(6-9)18-11-3-4-14(16,8-11)13(15)17/h5-7,11H,3-4,8,16H2,1-2H3,(H2,15,17). The number of nitrogens with two attached hydrogens (primary N) is 2. The highest BCUT2D eigenvalue weighted by atomic mass is 16.5. The van der Waals surface area contributed by atoms with Crippen LogP contribution in [0, 0.1) is 13.8 Å². The van der Waals surface area contributed by atoms with Crippen molar-refractivity contribution in [1.82, 2.24) is 0 Å². The summed E-state index contributed by atoms with van der Waals surface area (Å²) in [5.74, 6) is 0.403. The van der Waals surface area contributed by atoms with Crippen LogP contribution in [-0.2, 0) is 4.79 Å². The number of carbonyl (C=O) groups is 1. The molecule has 0 saturated heterocycles. The van der Waals surface area contributed by atoms with E-state index in [9.17, 15) is 4.79 Å². The molecule has 0 spiro atoms. The molecular formula is C14H20N2O2. The lowest BCUT2D eigenvalue weighted by Crippen LogP contribution is -2.50. The van der Waals surface area contributed by atoms with E-state index in [1.54, 1.807) is 0 Å². The Morgan fingerprint density at radius 2 is 1.94 bits per heavy atom. The number of benzene rings is 1. The summed E-state index contributed by atoms with van der Waals surface area (Å²) in [6, 6.07) is 6.08. The maximum atomic E-state index is 11.3. The number of primary amides is 1. The fraction of sp³-hybridized carbons (Fsp3) is 0.500. The largest absolute Gasteiger partial charge is 0.490 e. The van der Waals surface area contributed by atoms with Gasteiger partial charge in [-0.15, -0.1) is 0 Å². The number of ether oxygens (including phenoxy) is 1. The molecule has 4 heteroatoms. The first kappa shape index (κ1) is 12.9. The van der Waals surface area contributed by atoms with Crippen LogP contribution in [0.25, 0.3) is 0 Å². The molecule has 2 unspecified atom stereocenters. The van der Waals surface area contributed by atoms with Gasteiger partial charge in [0.1, 0.15) is 11.9 Å². The van der Waals surface area contributed by atoms with Crippen LogP contribution < -0.4 is 16.2 Å². The molecule has 0 aliphatic heterocycles. The van der Waals surface area contributed by atoms with E-state index in [1.165, 1.54) is 0 Å². The van der Waals surface area contributed by atoms with E-state index in [1.807, 2.05) is 26.0 Å². The van der Waals surface area contributed by atoms with Crippen molar-refractivity contribution >= 4 is 5.91 Å². The maximum absolute atomic E-state index is 11.3. The first-order valence-corrected chi connectivity index (χ1v) is 6.23. The quantitative estimate of drug-likeness (QED) is 0.849. The van der Waals surface area contributed by atoms with Crippen LogP contribution in [0.1, 0.15) is 30.4 Å². The Labute approximate surface area is 107 Å². The first-order chi connectivity index (χ1) is 8.39. The molecule has 1 saturated carbocycles. The smallest absolute Gasteiger partial charge is 0.237 e. The summed E-state index contributed by atoms with van der Waals surface area (Å²) in [6.07, 6.45) is 1.84. The second kappa shape index (κ2) is 4.61. The van der Waals surface area contributed by atoms with Crippen molar-refractivity contribution in [3.05, 3.63) is 29.3 Å². The molecule has 2 atom stereocenters. The van der Waals surface area contributed by atoms with Gasteiger partial charge in [-0.05, 0) is 49.9 Å². The van der Waals surface area contributed by atoms with Crippen molar-refractivity contribution in [3.63, 3.8) is 0 Å². The Balaban J connectivity index is 2.06. The SMILES string of the molecule is Cc1cc(C)cc(OC2CCC(N)(C(N)=O)C2)c1. The molecule has 0 bridgehead atoms. The Bertz CT molecular complexity index is 453. The molecule has 1 aliphatic rings. The van der Waals surface area contributed by atoms with Gasteiger partial charge in [0.25, 0.3) is 0 Å². The average Bonchev–Trinajstić information content (AvgIpc) is 2.60. The zero-order chi connectivity index (χ0) is 13.3. The fourth-order valence-corrected chi connectivity index (χ4v) is 2.55. The predicted molar refractivity (Wildman–Crippen MR) is 70.3 cm³/mol. The fourth-order valence-electron chi connectivity index (χ4n) is 2.55. The third-order valence-electron chi connectivity index (χ3n) is 3.49. The highest BCUT2D eigenvalue weighted by Gasteiger charge is 2.41. The molecule has 4 N–H and O–H groups in total. The van der Waals surface area contributed by atoms with Crippen molar-refractivity contribution in [2.75, 3.05) is 0 Å². The van der Waals surface area contributed by atoms with E-state index in [0.29, 0.717) is 12.8 Å². The Hall–Kier alpha value is -1.55. The number of carbonyl (C=O) groups excluding carboxylic acids is 1. The molecule has 0 aromatic heterocycles. The highest BCUT2D eigenvalue weighted by Crippen LogP contribution is 2.31. The molecule has 0 radical (unpaired) electrons. The molecule has 1 aromatic rings. The van der Waals surface area contributed by atoms with E-state index in [0.717, 1.165) is 23.3 Å². The molecule has 18 heavy (non-hydrogen) atoms. The van der Waals surface area contributed by atoms with Crippen LogP contribution in [0.15, 0.2) is 18.2 Å². The summed E-state index contributed by atoms with van der Waals surface area (Å²) in [5, 5.41) is 0. The van der Waals surface area contributed by atoms with Gasteiger partial charge in [0.15, 0.2) is 0 Å². The minimum atomic E-state index is -0.899. The van der Waals surface area contributed by atoms with E-state index >= 15 is 0 Å². The van der Waals surface area contributed by atoms with Crippen LogP contribution in [0.2, 0.25) is 0 Å². The van der Waals surface area contributed by atoms with Gasteiger partial charge < -0.3 is 16.2 Å². The second-order valence-electron chi connectivity index (χ2n) is 5.33.